The van der Waals surface area contributed by atoms with E-state index in [-0.39, 0.29) is 19.5 Å². The molecule has 20 heavy (non-hydrogen) atoms. The van der Waals surface area contributed by atoms with E-state index in [0.29, 0.717) is 5.82 Å². The Balaban J connectivity index is 0.00000147. The summed E-state index contributed by atoms with van der Waals surface area (Å²) in [6.45, 7) is 0. The van der Waals surface area contributed by atoms with Crippen LogP contribution in [-0.2, 0) is 19.5 Å². The Morgan fingerprint density at radius 3 is 2.65 bits per heavy atom. The van der Waals surface area contributed by atoms with Gasteiger partial charge in [0, 0.05) is 6.20 Å². The van der Waals surface area contributed by atoms with E-state index in [9.17, 15) is 0 Å². The van der Waals surface area contributed by atoms with Gasteiger partial charge in [0.2, 0.25) is 0 Å². The van der Waals surface area contributed by atoms with Crippen LogP contribution in [0.5, 0.6) is 0 Å². The second-order valence-corrected chi connectivity index (χ2v) is 3.96. The van der Waals surface area contributed by atoms with Crippen LogP contribution in [0.3, 0.4) is 0 Å². The van der Waals surface area contributed by atoms with Crippen molar-refractivity contribution in [2.45, 2.75) is 0 Å². The molecule has 0 spiro atoms. The molecule has 0 amide bonds. The molecule has 0 radical (unpaired) electrons. The first-order chi connectivity index (χ1) is 9.42. The van der Waals surface area contributed by atoms with Gasteiger partial charge in [-0.25, -0.2) is 0 Å². The van der Waals surface area contributed by atoms with E-state index in [1.807, 2.05) is 54.6 Å². The molecule has 1 aromatic carbocycles. The van der Waals surface area contributed by atoms with Crippen LogP contribution in [0.2, 0.25) is 0 Å². The minimum absolute atomic E-state index is 0. The van der Waals surface area contributed by atoms with Crippen LogP contribution in [-0.4, -0.2) is 16.2 Å². The van der Waals surface area contributed by atoms with Crippen LogP contribution in [0.1, 0.15) is 5.69 Å². The minimum atomic E-state index is 0. The third kappa shape index (κ3) is 3.46. The topological polar surface area (TPSA) is 52.2 Å². The second-order valence-electron chi connectivity index (χ2n) is 3.96. The van der Waals surface area contributed by atoms with Crippen molar-refractivity contribution >= 4 is 22.9 Å². The number of benzene rings is 1. The molecule has 0 saturated heterocycles. The van der Waals surface area contributed by atoms with Gasteiger partial charge in [-0.2, -0.15) is 0 Å². The molecule has 5 heteroatoms. The molecule has 3 aromatic rings. The third-order valence-electron chi connectivity index (χ3n) is 2.62. The number of rotatable bonds is 3. The summed E-state index contributed by atoms with van der Waals surface area (Å²) in [7, 11) is 0. The Bertz CT molecular complexity index is 713. The van der Waals surface area contributed by atoms with Crippen molar-refractivity contribution in [1.29, 1.82) is 0 Å². The van der Waals surface area contributed by atoms with E-state index in [1.165, 1.54) is 0 Å². The molecule has 0 aliphatic rings. The summed E-state index contributed by atoms with van der Waals surface area (Å²) in [6.07, 6.45) is 3.33. The first kappa shape index (κ1) is 14.3. The molecule has 92 valence electrons. The van der Waals surface area contributed by atoms with Gasteiger partial charge in [0.1, 0.15) is 0 Å². The number of hydrogen-bond acceptors (Lipinski definition) is 3. The summed E-state index contributed by atoms with van der Waals surface area (Å²) < 4.78 is 0. The maximum Gasteiger partial charge on any atom is 2.00 e. The van der Waals surface area contributed by atoms with Crippen molar-refractivity contribution in [3.05, 3.63) is 71.9 Å². The molecular formula is C15H11N4Zn+. The Kier molecular flexibility index (Phi) is 4.91. The second kappa shape index (κ2) is 6.87. The van der Waals surface area contributed by atoms with Crippen LogP contribution in [0, 0.1) is 0 Å². The molecule has 4 nitrogen and oxygen atoms in total. The molecule has 2 heterocycles. The average Bonchev–Trinajstić information content (AvgIpc) is 2.48. The fraction of sp³-hybridized carbons (Fsp3) is 0. The molecule has 0 aliphatic carbocycles. The van der Waals surface area contributed by atoms with Gasteiger partial charge < -0.3 is 10.4 Å². The molecule has 0 fully saturated rings. The monoisotopic (exact) mass is 311 g/mol. The van der Waals surface area contributed by atoms with Crippen molar-refractivity contribution in [3.63, 3.8) is 0 Å². The molecule has 2 aromatic heterocycles. The normalized spacial score (nSPS) is 10.4. The molecular weight excluding hydrogens is 302 g/mol. The van der Waals surface area contributed by atoms with Gasteiger partial charge in [0.15, 0.2) is 0 Å². The zero-order valence-electron chi connectivity index (χ0n) is 10.8. The van der Waals surface area contributed by atoms with Crippen LogP contribution in [0.4, 0.5) is 5.82 Å². The molecule has 0 bridgehead atoms. The van der Waals surface area contributed by atoms with Gasteiger partial charge in [-0.15, -0.1) is 0 Å². The molecule has 0 atom stereocenters. The van der Waals surface area contributed by atoms with E-state index < -0.39 is 0 Å². The van der Waals surface area contributed by atoms with Gasteiger partial charge in [-0.3, -0.25) is 10.1 Å². The number of para-hydroxylation sites is 1. The quantitative estimate of drug-likeness (QED) is 0.421. The standard InChI is InChI=1S/C15H11N4.Zn/c1-2-7-14-12(5-1)8-9-15(18-14)19-17-11-13-6-3-4-10-16-13;/h1-11H;/q-1;+2. The van der Waals surface area contributed by atoms with Crippen molar-refractivity contribution in [1.82, 2.24) is 9.97 Å². The van der Waals surface area contributed by atoms with Crippen LogP contribution < -0.4 is 0 Å². The van der Waals surface area contributed by atoms with E-state index >= 15 is 0 Å². The van der Waals surface area contributed by atoms with Crippen molar-refractivity contribution in [2.75, 3.05) is 0 Å². The Morgan fingerprint density at radius 1 is 0.950 bits per heavy atom. The zero-order valence-corrected chi connectivity index (χ0v) is 13.8. The molecule has 0 N–H and O–H groups in total. The van der Waals surface area contributed by atoms with Gasteiger partial charge >= 0.3 is 19.5 Å². The number of pyridine rings is 2. The summed E-state index contributed by atoms with van der Waals surface area (Å²) in [5.74, 6) is 0.589. The predicted octanol–water partition coefficient (Wildman–Crippen LogP) is 3.67. The number of nitrogens with zero attached hydrogens (tertiary/aromatic N) is 4. The smallest absolute Gasteiger partial charge is 0.435 e. The van der Waals surface area contributed by atoms with Crippen LogP contribution >= 0.6 is 0 Å². The SMILES string of the molecule is C(=N[N-]c1ccc2ccccc2n1)c1ccccn1.[Zn+2]. The van der Waals surface area contributed by atoms with Gasteiger partial charge in [0.25, 0.3) is 0 Å². The summed E-state index contributed by atoms with van der Waals surface area (Å²) in [4.78, 5) is 8.54. The Hall–Kier alpha value is -2.13. The summed E-state index contributed by atoms with van der Waals surface area (Å²) in [5, 5.41) is 5.09. The van der Waals surface area contributed by atoms with Crippen molar-refractivity contribution < 1.29 is 19.5 Å². The number of fused-ring (bicyclic) bond motifs is 1. The summed E-state index contributed by atoms with van der Waals surface area (Å²) in [5.41, 5.74) is 5.75. The first-order valence-electron chi connectivity index (χ1n) is 5.93. The fourth-order valence-corrected chi connectivity index (χ4v) is 1.71. The fourth-order valence-electron chi connectivity index (χ4n) is 1.71. The predicted molar refractivity (Wildman–Crippen MR) is 76.6 cm³/mol. The Morgan fingerprint density at radius 2 is 1.80 bits per heavy atom. The minimum Gasteiger partial charge on any atom is -0.435 e. The molecule has 3 rings (SSSR count). The van der Waals surface area contributed by atoms with E-state index in [2.05, 4.69) is 20.5 Å². The summed E-state index contributed by atoms with van der Waals surface area (Å²) >= 11 is 0. The largest absolute Gasteiger partial charge is 2.00 e. The van der Waals surface area contributed by atoms with Crippen molar-refractivity contribution in [2.24, 2.45) is 5.10 Å². The molecule has 0 saturated carbocycles. The molecule has 0 unspecified atom stereocenters. The number of aromatic nitrogens is 2. The van der Waals surface area contributed by atoms with E-state index in [1.54, 1.807) is 12.4 Å². The number of hydrogen-bond donors (Lipinski definition) is 0. The van der Waals surface area contributed by atoms with Gasteiger partial charge in [0.05, 0.1) is 11.9 Å². The molecule has 0 aliphatic heterocycles. The van der Waals surface area contributed by atoms with E-state index in [4.69, 9.17) is 0 Å². The van der Waals surface area contributed by atoms with Crippen LogP contribution in [0.25, 0.3) is 16.3 Å². The first-order valence-corrected chi connectivity index (χ1v) is 5.93. The average molecular weight is 313 g/mol. The zero-order chi connectivity index (χ0) is 12.9. The van der Waals surface area contributed by atoms with Crippen LogP contribution in [0.15, 0.2) is 65.9 Å². The van der Waals surface area contributed by atoms with E-state index in [0.717, 1.165) is 16.6 Å². The maximum absolute atomic E-state index is 4.41. The van der Waals surface area contributed by atoms with Crippen molar-refractivity contribution in [3.8, 4) is 0 Å². The third-order valence-corrected chi connectivity index (χ3v) is 2.62. The van der Waals surface area contributed by atoms with Gasteiger partial charge in [-0.1, -0.05) is 42.5 Å². The van der Waals surface area contributed by atoms with Gasteiger partial charge in [-0.05, 0) is 28.9 Å². The Labute approximate surface area is 129 Å². The summed E-state index contributed by atoms with van der Waals surface area (Å²) in [6, 6.07) is 17.4. The maximum atomic E-state index is 4.41.